The highest BCUT2D eigenvalue weighted by molar-refractivity contribution is 7.15. The van der Waals surface area contributed by atoms with Crippen LogP contribution in [0.3, 0.4) is 0 Å². The van der Waals surface area contributed by atoms with Gasteiger partial charge in [0.05, 0.1) is 12.2 Å². The third kappa shape index (κ3) is 5.38. The van der Waals surface area contributed by atoms with Crippen molar-refractivity contribution >= 4 is 22.3 Å². The number of aliphatic imine (C=N–C) groups is 1. The summed E-state index contributed by atoms with van der Waals surface area (Å²) in [6.07, 6.45) is -0.525. The van der Waals surface area contributed by atoms with Crippen LogP contribution in [0.2, 0.25) is 0 Å². The van der Waals surface area contributed by atoms with Crippen molar-refractivity contribution in [1.82, 2.24) is 20.0 Å². The van der Waals surface area contributed by atoms with Gasteiger partial charge in [-0.1, -0.05) is 12.1 Å². The molecule has 2 heterocycles. The van der Waals surface area contributed by atoms with Crippen LogP contribution in [0.1, 0.15) is 16.8 Å². The molecule has 0 bridgehead atoms. The Morgan fingerprint density at radius 3 is 2.79 bits per heavy atom. The monoisotopic (exact) mass is 411 g/mol. The van der Waals surface area contributed by atoms with E-state index in [1.165, 1.54) is 0 Å². The van der Waals surface area contributed by atoms with E-state index in [0.29, 0.717) is 18.1 Å². The number of halogens is 3. The number of nitrogens with one attached hydrogen (secondary N) is 2. The predicted molar refractivity (Wildman–Crippen MR) is 103 cm³/mol. The molecule has 0 atom stereocenters. The third-order valence-electron chi connectivity index (χ3n) is 3.86. The second-order valence-electron chi connectivity index (χ2n) is 6.12. The fourth-order valence-electron chi connectivity index (χ4n) is 2.54. The van der Waals surface area contributed by atoms with Crippen molar-refractivity contribution < 1.29 is 17.9 Å². The van der Waals surface area contributed by atoms with Gasteiger partial charge in [-0.05, 0) is 18.6 Å². The van der Waals surface area contributed by atoms with Crippen molar-refractivity contribution in [1.29, 1.82) is 0 Å². The van der Waals surface area contributed by atoms with Crippen LogP contribution in [0.5, 0.6) is 5.75 Å². The van der Waals surface area contributed by atoms with Gasteiger partial charge < -0.3 is 15.4 Å². The zero-order chi connectivity index (χ0) is 20.1. The SMILES string of the molecule is CN=C(NCc1cn2ccsc2n1)NCc1ccc(C)cc1OCC(F)(F)F. The first-order valence-electron chi connectivity index (χ1n) is 8.49. The summed E-state index contributed by atoms with van der Waals surface area (Å²) in [7, 11) is 1.62. The van der Waals surface area contributed by atoms with Crippen LogP contribution < -0.4 is 15.4 Å². The van der Waals surface area contributed by atoms with Crippen LogP contribution in [0, 0.1) is 6.92 Å². The number of nitrogens with zero attached hydrogens (tertiary/aromatic N) is 3. The number of benzene rings is 1. The highest BCUT2D eigenvalue weighted by Gasteiger charge is 2.28. The van der Waals surface area contributed by atoms with Crippen molar-refractivity contribution in [3.05, 3.63) is 52.8 Å². The normalized spacial score (nSPS) is 12.4. The molecule has 0 aliphatic heterocycles. The Hall–Kier alpha value is -2.75. The topological polar surface area (TPSA) is 63.0 Å². The zero-order valence-electron chi connectivity index (χ0n) is 15.4. The Kier molecular flexibility index (Phi) is 6.08. The van der Waals surface area contributed by atoms with Gasteiger partial charge in [-0.25, -0.2) is 4.98 Å². The lowest BCUT2D eigenvalue weighted by Crippen LogP contribution is -2.36. The van der Waals surface area contributed by atoms with Gasteiger partial charge in [-0.2, -0.15) is 13.2 Å². The maximum Gasteiger partial charge on any atom is 0.422 e. The number of aromatic nitrogens is 2. The number of hydrogen-bond acceptors (Lipinski definition) is 4. The molecule has 1 aromatic carbocycles. The summed E-state index contributed by atoms with van der Waals surface area (Å²) < 4.78 is 44.3. The molecular weight excluding hydrogens is 391 g/mol. The van der Waals surface area contributed by atoms with Gasteiger partial charge in [-0.3, -0.25) is 9.39 Å². The molecule has 28 heavy (non-hydrogen) atoms. The van der Waals surface area contributed by atoms with E-state index in [1.807, 2.05) is 28.2 Å². The summed E-state index contributed by atoms with van der Waals surface area (Å²) in [5.74, 6) is 0.716. The first kappa shape index (κ1) is 20.0. The number of aryl methyl sites for hydroxylation is 1. The molecule has 2 N–H and O–H groups in total. The molecule has 0 spiro atoms. The van der Waals surface area contributed by atoms with Crippen molar-refractivity contribution in [2.24, 2.45) is 4.99 Å². The van der Waals surface area contributed by atoms with Crippen molar-refractivity contribution in [3.8, 4) is 5.75 Å². The molecule has 0 amide bonds. The smallest absolute Gasteiger partial charge is 0.422 e. The number of fused-ring (bicyclic) bond motifs is 1. The van der Waals surface area contributed by atoms with Gasteiger partial charge >= 0.3 is 6.18 Å². The average Bonchev–Trinajstić information content (AvgIpc) is 3.22. The Morgan fingerprint density at radius 1 is 1.29 bits per heavy atom. The fourth-order valence-corrected chi connectivity index (χ4v) is 3.26. The third-order valence-corrected chi connectivity index (χ3v) is 4.63. The van der Waals surface area contributed by atoms with Gasteiger partial charge in [0, 0.05) is 36.9 Å². The van der Waals surface area contributed by atoms with E-state index in [0.717, 1.165) is 16.2 Å². The van der Waals surface area contributed by atoms with E-state index in [1.54, 1.807) is 37.4 Å². The number of rotatable bonds is 6. The second-order valence-corrected chi connectivity index (χ2v) is 6.99. The van der Waals surface area contributed by atoms with Crippen LogP contribution >= 0.6 is 11.3 Å². The summed E-state index contributed by atoms with van der Waals surface area (Å²) >= 11 is 1.55. The molecule has 0 saturated heterocycles. The number of alkyl halides is 3. The highest BCUT2D eigenvalue weighted by Crippen LogP contribution is 2.23. The zero-order valence-corrected chi connectivity index (χ0v) is 16.2. The van der Waals surface area contributed by atoms with Crippen LogP contribution in [-0.2, 0) is 13.1 Å². The van der Waals surface area contributed by atoms with Crippen LogP contribution in [-0.4, -0.2) is 35.2 Å². The standard InChI is InChI=1S/C18H20F3N5OS/c1-12-3-4-13(15(7-12)27-11-18(19,20)21)8-23-16(22-2)24-9-14-10-26-5-6-28-17(26)25-14/h3-7,10H,8-9,11H2,1-2H3,(H2,22,23,24). The lowest BCUT2D eigenvalue weighted by molar-refractivity contribution is -0.153. The molecule has 0 aliphatic rings. The van der Waals surface area contributed by atoms with Gasteiger partial charge in [0.1, 0.15) is 5.75 Å². The van der Waals surface area contributed by atoms with Crippen LogP contribution in [0.25, 0.3) is 4.96 Å². The summed E-state index contributed by atoms with van der Waals surface area (Å²) in [6.45, 7) is 1.21. The van der Waals surface area contributed by atoms with Crippen molar-refractivity contribution in [2.45, 2.75) is 26.2 Å². The minimum Gasteiger partial charge on any atom is -0.484 e. The molecule has 2 aromatic heterocycles. The molecule has 0 aliphatic carbocycles. The van der Waals surface area contributed by atoms with E-state index in [2.05, 4.69) is 20.6 Å². The molecule has 0 radical (unpaired) electrons. The summed E-state index contributed by atoms with van der Waals surface area (Å²) in [4.78, 5) is 9.52. The molecule has 150 valence electrons. The molecule has 10 heteroatoms. The van der Waals surface area contributed by atoms with Gasteiger partial charge in [0.2, 0.25) is 0 Å². The number of guanidine groups is 1. The minimum atomic E-state index is -4.38. The first-order chi connectivity index (χ1) is 13.3. The van der Waals surface area contributed by atoms with Crippen LogP contribution in [0.4, 0.5) is 13.2 Å². The summed E-state index contributed by atoms with van der Waals surface area (Å²) in [6, 6.07) is 5.16. The lowest BCUT2D eigenvalue weighted by atomic mass is 10.1. The quantitative estimate of drug-likeness (QED) is 0.481. The van der Waals surface area contributed by atoms with Gasteiger partial charge in [0.25, 0.3) is 0 Å². The fraction of sp³-hybridized carbons (Fsp3) is 0.333. The molecule has 3 aromatic rings. The summed E-state index contributed by atoms with van der Waals surface area (Å²) in [5, 5.41) is 8.19. The summed E-state index contributed by atoms with van der Waals surface area (Å²) in [5.41, 5.74) is 2.29. The van der Waals surface area contributed by atoms with E-state index >= 15 is 0 Å². The number of hydrogen-bond donors (Lipinski definition) is 2. The van der Waals surface area contributed by atoms with Crippen LogP contribution in [0.15, 0.2) is 41.0 Å². The van der Waals surface area contributed by atoms with Crippen molar-refractivity contribution in [3.63, 3.8) is 0 Å². The van der Waals surface area contributed by atoms with Gasteiger partial charge in [-0.15, -0.1) is 11.3 Å². The predicted octanol–water partition coefficient (Wildman–Crippen LogP) is 3.51. The largest absolute Gasteiger partial charge is 0.484 e. The number of imidazole rings is 1. The Morgan fingerprint density at radius 2 is 2.07 bits per heavy atom. The molecule has 0 unspecified atom stereocenters. The van der Waals surface area contributed by atoms with E-state index < -0.39 is 12.8 Å². The number of thiazole rings is 1. The Labute approximate surface area is 164 Å². The van der Waals surface area contributed by atoms with Crippen molar-refractivity contribution in [2.75, 3.05) is 13.7 Å². The van der Waals surface area contributed by atoms with E-state index in [9.17, 15) is 13.2 Å². The Bertz CT molecular complexity index is 935. The maximum absolute atomic E-state index is 12.5. The molecule has 0 saturated carbocycles. The minimum absolute atomic E-state index is 0.203. The molecule has 0 fully saturated rings. The second kappa shape index (κ2) is 8.51. The average molecular weight is 411 g/mol. The molecule has 3 rings (SSSR count). The molecular formula is C18H20F3N5OS. The van der Waals surface area contributed by atoms with Gasteiger partial charge in [0.15, 0.2) is 17.5 Å². The van der Waals surface area contributed by atoms with E-state index in [-0.39, 0.29) is 12.3 Å². The number of ether oxygens (including phenoxy) is 1. The Balaban J connectivity index is 1.59. The van der Waals surface area contributed by atoms with E-state index in [4.69, 9.17) is 4.74 Å². The maximum atomic E-state index is 12.5. The molecule has 6 nitrogen and oxygen atoms in total. The lowest BCUT2D eigenvalue weighted by Gasteiger charge is -2.16. The highest BCUT2D eigenvalue weighted by atomic mass is 32.1. The first-order valence-corrected chi connectivity index (χ1v) is 9.37.